The van der Waals surface area contributed by atoms with Crippen LogP contribution in [-0.2, 0) is 0 Å². The Morgan fingerprint density at radius 3 is 2.96 bits per heavy atom. The summed E-state index contributed by atoms with van der Waals surface area (Å²) in [4.78, 5) is 12.5. The summed E-state index contributed by atoms with van der Waals surface area (Å²) in [6.45, 7) is 2.74. The Balaban J connectivity index is 1.33. The average molecular weight is 400 g/mol. The zero-order valence-electron chi connectivity index (χ0n) is 15.1. The first-order chi connectivity index (χ1) is 13.6. The number of benzene rings is 2. The first-order valence-electron chi connectivity index (χ1n) is 8.73. The standard InChI is InChI=1S/C20H18ClN3O4/c1-13-17(11-23-24(13)15-4-2-3-14(21)9-15)20(25)22-7-8-26-16-5-6-18-19(10-16)28-12-27-18/h2-6,9-11H,7-8,12H2,1H3,(H,22,25). The van der Waals surface area contributed by atoms with E-state index in [0.717, 1.165) is 11.4 Å². The molecule has 8 heteroatoms. The predicted molar refractivity (Wildman–Crippen MR) is 104 cm³/mol. The molecule has 0 spiro atoms. The lowest BCUT2D eigenvalue weighted by Gasteiger charge is -2.09. The van der Waals surface area contributed by atoms with Gasteiger partial charge in [-0.2, -0.15) is 5.10 Å². The zero-order valence-corrected chi connectivity index (χ0v) is 15.9. The van der Waals surface area contributed by atoms with E-state index in [1.807, 2.05) is 19.1 Å². The van der Waals surface area contributed by atoms with Gasteiger partial charge < -0.3 is 19.5 Å². The molecule has 0 atom stereocenters. The lowest BCUT2D eigenvalue weighted by Crippen LogP contribution is -2.28. The molecule has 144 valence electrons. The van der Waals surface area contributed by atoms with Crippen LogP contribution in [0.1, 0.15) is 16.1 Å². The molecule has 28 heavy (non-hydrogen) atoms. The van der Waals surface area contributed by atoms with E-state index in [1.165, 1.54) is 0 Å². The molecule has 2 heterocycles. The van der Waals surface area contributed by atoms with Gasteiger partial charge in [-0.05, 0) is 37.3 Å². The van der Waals surface area contributed by atoms with E-state index in [9.17, 15) is 4.79 Å². The van der Waals surface area contributed by atoms with Crippen molar-refractivity contribution < 1.29 is 19.0 Å². The zero-order chi connectivity index (χ0) is 19.5. The minimum atomic E-state index is -0.208. The molecule has 0 saturated carbocycles. The number of aromatic nitrogens is 2. The van der Waals surface area contributed by atoms with Crippen molar-refractivity contribution in [3.05, 3.63) is 64.9 Å². The molecule has 1 aromatic heterocycles. The van der Waals surface area contributed by atoms with Crippen LogP contribution >= 0.6 is 11.6 Å². The smallest absolute Gasteiger partial charge is 0.254 e. The molecule has 3 aromatic rings. The van der Waals surface area contributed by atoms with Gasteiger partial charge in [0.1, 0.15) is 12.4 Å². The number of hydrogen-bond acceptors (Lipinski definition) is 5. The van der Waals surface area contributed by atoms with E-state index < -0.39 is 0 Å². The summed E-state index contributed by atoms with van der Waals surface area (Å²) >= 11 is 6.03. The molecule has 1 amide bonds. The summed E-state index contributed by atoms with van der Waals surface area (Å²) in [6, 6.07) is 12.7. The normalized spacial score (nSPS) is 12.1. The molecule has 0 aliphatic carbocycles. The second-order valence-corrected chi connectivity index (χ2v) is 6.59. The highest BCUT2D eigenvalue weighted by Gasteiger charge is 2.16. The summed E-state index contributed by atoms with van der Waals surface area (Å²) < 4.78 is 17.9. The average Bonchev–Trinajstić information content (AvgIpc) is 3.31. The summed E-state index contributed by atoms with van der Waals surface area (Å²) in [7, 11) is 0. The highest BCUT2D eigenvalue weighted by atomic mass is 35.5. The number of fused-ring (bicyclic) bond motifs is 1. The predicted octanol–water partition coefficient (Wildman–Crippen LogP) is 3.37. The monoisotopic (exact) mass is 399 g/mol. The van der Waals surface area contributed by atoms with Crippen LogP contribution in [0.2, 0.25) is 5.02 Å². The van der Waals surface area contributed by atoms with Crippen molar-refractivity contribution in [3.8, 4) is 22.9 Å². The van der Waals surface area contributed by atoms with Crippen LogP contribution in [0.3, 0.4) is 0 Å². The van der Waals surface area contributed by atoms with Crippen LogP contribution in [-0.4, -0.2) is 35.6 Å². The van der Waals surface area contributed by atoms with Crippen molar-refractivity contribution in [2.75, 3.05) is 19.9 Å². The third-order valence-electron chi connectivity index (χ3n) is 4.31. The van der Waals surface area contributed by atoms with Crippen molar-refractivity contribution in [3.63, 3.8) is 0 Å². The summed E-state index contributed by atoms with van der Waals surface area (Å²) in [6.07, 6.45) is 1.55. The number of carbonyl (C=O) groups is 1. The van der Waals surface area contributed by atoms with E-state index in [-0.39, 0.29) is 12.7 Å². The first-order valence-corrected chi connectivity index (χ1v) is 9.11. The Bertz CT molecular complexity index is 1020. The van der Waals surface area contributed by atoms with Gasteiger partial charge in [-0.1, -0.05) is 17.7 Å². The number of rotatable bonds is 6. The van der Waals surface area contributed by atoms with Crippen molar-refractivity contribution in [1.82, 2.24) is 15.1 Å². The quantitative estimate of drug-likeness (QED) is 0.643. The van der Waals surface area contributed by atoms with Crippen LogP contribution in [0.25, 0.3) is 5.69 Å². The number of amides is 1. The van der Waals surface area contributed by atoms with E-state index in [2.05, 4.69) is 10.4 Å². The SMILES string of the molecule is Cc1c(C(=O)NCCOc2ccc3c(c2)OCO3)cnn1-c1cccc(Cl)c1. The maximum atomic E-state index is 12.5. The number of nitrogens with one attached hydrogen (secondary N) is 1. The van der Waals surface area contributed by atoms with Gasteiger partial charge >= 0.3 is 0 Å². The Labute approximate surface area is 166 Å². The van der Waals surface area contributed by atoms with Gasteiger partial charge in [0.05, 0.1) is 29.7 Å². The maximum absolute atomic E-state index is 12.5. The number of ether oxygens (including phenoxy) is 3. The largest absolute Gasteiger partial charge is 0.492 e. The molecule has 4 rings (SSSR count). The van der Waals surface area contributed by atoms with E-state index in [0.29, 0.717) is 41.0 Å². The van der Waals surface area contributed by atoms with Gasteiger partial charge in [0.2, 0.25) is 6.79 Å². The lowest BCUT2D eigenvalue weighted by molar-refractivity contribution is 0.0946. The minimum absolute atomic E-state index is 0.208. The molecule has 1 N–H and O–H groups in total. The third-order valence-corrected chi connectivity index (χ3v) is 4.54. The van der Waals surface area contributed by atoms with Gasteiger partial charge in [-0.25, -0.2) is 4.68 Å². The number of halogens is 1. The fraction of sp³-hybridized carbons (Fsp3) is 0.200. The Hall–Kier alpha value is -3.19. The van der Waals surface area contributed by atoms with Crippen molar-refractivity contribution in [1.29, 1.82) is 0 Å². The molecular formula is C20H18ClN3O4. The molecule has 2 aromatic carbocycles. The van der Waals surface area contributed by atoms with Gasteiger partial charge in [0.15, 0.2) is 11.5 Å². The topological polar surface area (TPSA) is 74.6 Å². The molecule has 0 radical (unpaired) electrons. The molecule has 1 aliphatic heterocycles. The fourth-order valence-electron chi connectivity index (χ4n) is 2.90. The van der Waals surface area contributed by atoms with E-state index in [1.54, 1.807) is 41.2 Å². The lowest BCUT2D eigenvalue weighted by atomic mass is 10.2. The molecule has 0 bridgehead atoms. The van der Waals surface area contributed by atoms with Gasteiger partial charge in [-0.3, -0.25) is 4.79 Å². The molecular weight excluding hydrogens is 382 g/mol. The first kappa shape index (κ1) is 18.2. The highest BCUT2D eigenvalue weighted by molar-refractivity contribution is 6.30. The Morgan fingerprint density at radius 2 is 2.11 bits per heavy atom. The minimum Gasteiger partial charge on any atom is -0.492 e. The Morgan fingerprint density at radius 1 is 1.25 bits per heavy atom. The summed E-state index contributed by atoms with van der Waals surface area (Å²) in [5.41, 5.74) is 2.04. The van der Waals surface area contributed by atoms with Gasteiger partial charge in [0, 0.05) is 11.1 Å². The van der Waals surface area contributed by atoms with Gasteiger partial charge in [0.25, 0.3) is 5.91 Å². The van der Waals surface area contributed by atoms with Crippen LogP contribution in [0.5, 0.6) is 17.2 Å². The van der Waals surface area contributed by atoms with E-state index >= 15 is 0 Å². The Kier molecular flexibility index (Phi) is 5.08. The molecule has 0 saturated heterocycles. The maximum Gasteiger partial charge on any atom is 0.254 e. The molecule has 7 nitrogen and oxygen atoms in total. The second-order valence-electron chi connectivity index (χ2n) is 6.15. The van der Waals surface area contributed by atoms with Crippen molar-refractivity contribution in [2.24, 2.45) is 0 Å². The van der Waals surface area contributed by atoms with Gasteiger partial charge in [-0.15, -0.1) is 0 Å². The number of carbonyl (C=O) groups excluding carboxylic acids is 1. The van der Waals surface area contributed by atoms with Crippen LogP contribution in [0.15, 0.2) is 48.7 Å². The number of hydrogen-bond donors (Lipinski definition) is 1. The summed E-state index contributed by atoms with van der Waals surface area (Å²) in [5.74, 6) is 1.81. The molecule has 0 fully saturated rings. The summed E-state index contributed by atoms with van der Waals surface area (Å²) in [5, 5.41) is 7.75. The molecule has 1 aliphatic rings. The van der Waals surface area contributed by atoms with Crippen molar-refractivity contribution >= 4 is 17.5 Å². The van der Waals surface area contributed by atoms with Crippen LogP contribution in [0, 0.1) is 6.92 Å². The number of nitrogens with zero attached hydrogens (tertiary/aromatic N) is 2. The third kappa shape index (κ3) is 3.75. The molecule has 0 unspecified atom stereocenters. The second kappa shape index (κ2) is 7.82. The van der Waals surface area contributed by atoms with Crippen molar-refractivity contribution in [2.45, 2.75) is 6.92 Å². The van der Waals surface area contributed by atoms with E-state index in [4.69, 9.17) is 25.8 Å². The van der Waals surface area contributed by atoms with Crippen LogP contribution in [0.4, 0.5) is 0 Å². The highest BCUT2D eigenvalue weighted by Crippen LogP contribution is 2.35. The van der Waals surface area contributed by atoms with Crippen LogP contribution < -0.4 is 19.5 Å². The fourth-order valence-corrected chi connectivity index (χ4v) is 3.08.